The van der Waals surface area contributed by atoms with Crippen molar-refractivity contribution in [1.29, 1.82) is 5.26 Å². The number of aliphatic carboxylic acids is 1. The zero-order valence-electron chi connectivity index (χ0n) is 17.2. The van der Waals surface area contributed by atoms with Crippen LogP contribution in [-0.4, -0.2) is 31.5 Å². The SMILES string of the molecule is N#Cc1nsc(C#Cc2nc3nc(C4(C(=O)O)CC4)sc3s2)c1NC(=O)OCc1ccccc1. The monoisotopic (exact) mass is 507 g/mol. The number of anilines is 1. The second kappa shape index (κ2) is 8.83. The first-order chi connectivity index (χ1) is 16.5. The quantitative estimate of drug-likeness (QED) is 0.380. The Morgan fingerprint density at radius 1 is 1.18 bits per heavy atom. The number of ether oxygens (including phenoxy) is 1. The van der Waals surface area contributed by atoms with Gasteiger partial charge in [-0.3, -0.25) is 10.1 Å². The summed E-state index contributed by atoms with van der Waals surface area (Å²) in [6.45, 7) is 0.0845. The standard InChI is InChI=1S/C22H13N5O4S3/c23-10-13-16(25-21(30)31-11-12-4-2-1-3-5-12)14(34-27-13)6-7-15-24-17-18(32-15)33-19(26-17)22(8-9-22)20(28)29/h1-5H,8-9,11H2,(H,25,30)(H,28,29). The fraction of sp³-hybridized carbons (Fsp3) is 0.182. The average molecular weight is 508 g/mol. The lowest BCUT2D eigenvalue weighted by Crippen LogP contribution is -2.18. The predicted octanol–water partition coefficient (Wildman–Crippen LogP) is 4.35. The van der Waals surface area contributed by atoms with E-state index in [0.717, 1.165) is 21.1 Å². The molecule has 34 heavy (non-hydrogen) atoms. The maximum Gasteiger partial charge on any atom is 0.412 e. The van der Waals surface area contributed by atoms with E-state index in [1.54, 1.807) is 0 Å². The molecule has 1 aliphatic rings. The lowest BCUT2D eigenvalue weighted by molar-refractivity contribution is -0.140. The van der Waals surface area contributed by atoms with Crippen LogP contribution in [0, 0.1) is 23.2 Å². The van der Waals surface area contributed by atoms with Gasteiger partial charge in [0.2, 0.25) is 0 Å². The molecule has 0 spiro atoms. The number of thiazole rings is 2. The molecule has 9 nitrogen and oxygen atoms in total. The minimum absolute atomic E-state index is 0.0424. The van der Waals surface area contributed by atoms with Gasteiger partial charge in [0.1, 0.15) is 37.7 Å². The van der Waals surface area contributed by atoms with Gasteiger partial charge < -0.3 is 9.84 Å². The molecule has 168 valence electrons. The van der Waals surface area contributed by atoms with Crippen LogP contribution in [0.3, 0.4) is 0 Å². The first-order valence-corrected chi connectivity index (χ1v) is 12.3. The zero-order valence-corrected chi connectivity index (χ0v) is 19.6. The highest BCUT2D eigenvalue weighted by atomic mass is 32.2. The van der Waals surface area contributed by atoms with E-state index in [9.17, 15) is 20.0 Å². The molecule has 1 aliphatic carbocycles. The minimum Gasteiger partial charge on any atom is -0.481 e. The summed E-state index contributed by atoms with van der Waals surface area (Å²) < 4.78 is 10.1. The second-order valence-electron chi connectivity index (χ2n) is 7.32. The second-order valence-corrected chi connectivity index (χ2v) is 10.4. The summed E-state index contributed by atoms with van der Waals surface area (Å²) in [5.74, 6) is 4.97. The summed E-state index contributed by atoms with van der Waals surface area (Å²) >= 11 is 3.63. The summed E-state index contributed by atoms with van der Waals surface area (Å²) in [4.78, 5) is 33.0. The number of hydrogen-bond acceptors (Lipinski definition) is 10. The largest absolute Gasteiger partial charge is 0.481 e. The molecule has 2 N–H and O–H groups in total. The zero-order chi connectivity index (χ0) is 23.7. The highest BCUT2D eigenvalue weighted by molar-refractivity contribution is 7.38. The molecule has 3 heterocycles. The lowest BCUT2D eigenvalue weighted by Gasteiger charge is -2.06. The van der Waals surface area contributed by atoms with Crippen LogP contribution in [0.1, 0.15) is 39.0 Å². The molecule has 5 rings (SSSR count). The van der Waals surface area contributed by atoms with Crippen molar-refractivity contribution in [3.05, 3.63) is 56.5 Å². The molecule has 0 aliphatic heterocycles. The van der Waals surface area contributed by atoms with Gasteiger partial charge in [-0.1, -0.05) is 41.7 Å². The van der Waals surface area contributed by atoms with E-state index in [-0.39, 0.29) is 18.0 Å². The van der Waals surface area contributed by atoms with Crippen molar-refractivity contribution in [2.24, 2.45) is 0 Å². The molecule has 0 atom stereocenters. The Morgan fingerprint density at radius 3 is 2.65 bits per heavy atom. The van der Waals surface area contributed by atoms with E-state index < -0.39 is 17.5 Å². The number of carbonyl (C=O) groups is 2. The van der Waals surface area contributed by atoms with Crippen LogP contribution in [-0.2, 0) is 21.6 Å². The predicted molar refractivity (Wildman–Crippen MR) is 127 cm³/mol. The summed E-state index contributed by atoms with van der Waals surface area (Å²) in [5, 5.41) is 22.4. The molecule has 4 aromatic rings. The van der Waals surface area contributed by atoms with Gasteiger partial charge in [0.15, 0.2) is 16.3 Å². The number of fused-ring (bicyclic) bond motifs is 1. The third-order valence-corrected chi connectivity index (χ3v) is 8.13. The van der Waals surface area contributed by atoms with Crippen molar-refractivity contribution in [1.82, 2.24) is 14.3 Å². The van der Waals surface area contributed by atoms with E-state index in [4.69, 9.17) is 4.74 Å². The topological polar surface area (TPSA) is 138 Å². The molecule has 1 fully saturated rings. The normalized spacial score (nSPS) is 13.5. The van der Waals surface area contributed by atoms with Crippen molar-refractivity contribution in [2.75, 3.05) is 5.32 Å². The van der Waals surface area contributed by atoms with Gasteiger partial charge in [0, 0.05) is 0 Å². The number of nitriles is 1. The Hall–Kier alpha value is -3.84. The molecule has 1 saturated carbocycles. The summed E-state index contributed by atoms with van der Waals surface area (Å²) in [6.07, 6.45) is 0.459. The third-order valence-electron chi connectivity index (χ3n) is 5.07. The number of hydrogen-bond donors (Lipinski definition) is 2. The molecule has 3 aromatic heterocycles. The van der Waals surface area contributed by atoms with E-state index in [2.05, 4.69) is 31.5 Å². The van der Waals surface area contributed by atoms with Crippen LogP contribution in [0.4, 0.5) is 10.5 Å². The van der Waals surface area contributed by atoms with Gasteiger partial charge in [0.25, 0.3) is 0 Å². The molecule has 0 radical (unpaired) electrons. The summed E-state index contributed by atoms with van der Waals surface area (Å²) in [6, 6.07) is 11.2. The highest BCUT2D eigenvalue weighted by Crippen LogP contribution is 2.51. The third kappa shape index (κ3) is 4.22. The van der Waals surface area contributed by atoms with Gasteiger partial charge in [-0.2, -0.15) is 9.64 Å². The lowest BCUT2D eigenvalue weighted by atomic mass is 10.1. The number of amides is 1. The molecular weight excluding hydrogens is 494 g/mol. The van der Waals surface area contributed by atoms with Crippen molar-refractivity contribution in [3.63, 3.8) is 0 Å². The van der Waals surface area contributed by atoms with Crippen molar-refractivity contribution < 1.29 is 19.4 Å². The minimum atomic E-state index is -0.858. The van der Waals surface area contributed by atoms with Gasteiger partial charge in [-0.25, -0.2) is 14.8 Å². The number of nitrogens with zero attached hydrogens (tertiary/aromatic N) is 4. The number of aromatic nitrogens is 3. The first-order valence-electron chi connectivity index (χ1n) is 9.89. The van der Waals surface area contributed by atoms with Crippen LogP contribution in [0.2, 0.25) is 0 Å². The molecule has 0 unspecified atom stereocenters. The molecule has 0 saturated heterocycles. The van der Waals surface area contributed by atoms with E-state index in [1.165, 1.54) is 22.7 Å². The number of carboxylic acids is 1. The molecular formula is C22H13N5O4S3. The van der Waals surface area contributed by atoms with Gasteiger partial charge in [-0.05, 0) is 41.8 Å². The number of carbonyl (C=O) groups excluding carboxylic acids is 1. The Kier molecular flexibility index (Phi) is 5.71. The molecule has 1 aromatic carbocycles. The Labute approximate surface area is 204 Å². The number of nitrogens with one attached hydrogen (secondary N) is 1. The molecule has 0 bridgehead atoms. The Balaban J connectivity index is 1.32. The van der Waals surface area contributed by atoms with Crippen molar-refractivity contribution in [2.45, 2.75) is 24.9 Å². The van der Waals surface area contributed by atoms with Crippen LogP contribution in [0.25, 0.3) is 9.66 Å². The molecule has 12 heteroatoms. The Bertz CT molecular complexity index is 1490. The number of carboxylic acid groups (broad SMARTS) is 1. The van der Waals surface area contributed by atoms with Gasteiger partial charge >= 0.3 is 12.1 Å². The van der Waals surface area contributed by atoms with Gasteiger partial charge in [-0.15, -0.1) is 11.3 Å². The smallest absolute Gasteiger partial charge is 0.412 e. The van der Waals surface area contributed by atoms with Crippen LogP contribution in [0.15, 0.2) is 30.3 Å². The van der Waals surface area contributed by atoms with Crippen LogP contribution < -0.4 is 5.32 Å². The summed E-state index contributed by atoms with van der Waals surface area (Å²) in [5.41, 5.74) is 0.683. The van der Waals surface area contributed by atoms with E-state index in [0.29, 0.717) is 33.4 Å². The highest BCUT2D eigenvalue weighted by Gasteiger charge is 2.54. The number of benzene rings is 1. The fourth-order valence-corrected chi connectivity index (χ4v) is 5.94. The van der Waals surface area contributed by atoms with E-state index >= 15 is 0 Å². The van der Waals surface area contributed by atoms with Gasteiger partial charge in [0.05, 0.1) is 0 Å². The average Bonchev–Trinajstić information content (AvgIpc) is 3.23. The van der Waals surface area contributed by atoms with Crippen molar-refractivity contribution in [3.8, 4) is 17.9 Å². The first kappa shape index (κ1) is 22.0. The maximum atomic E-state index is 12.3. The van der Waals surface area contributed by atoms with Crippen molar-refractivity contribution >= 4 is 61.6 Å². The van der Waals surface area contributed by atoms with E-state index in [1.807, 2.05) is 36.4 Å². The summed E-state index contributed by atoms with van der Waals surface area (Å²) in [7, 11) is 0. The van der Waals surface area contributed by atoms with Crippen LogP contribution in [0.5, 0.6) is 0 Å². The Morgan fingerprint density at radius 2 is 1.97 bits per heavy atom. The maximum absolute atomic E-state index is 12.3. The van der Waals surface area contributed by atoms with Crippen LogP contribution >= 0.6 is 34.2 Å². The number of rotatable bonds is 5. The fourth-order valence-electron chi connectivity index (χ4n) is 3.08. The molecule has 1 amide bonds.